The van der Waals surface area contributed by atoms with Gasteiger partial charge in [0.2, 0.25) is 10.0 Å². The zero-order valence-corrected chi connectivity index (χ0v) is 14.3. The van der Waals surface area contributed by atoms with E-state index in [-0.39, 0.29) is 4.90 Å². The Morgan fingerprint density at radius 1 is 1.27 bits per heavy atom. The Labute approximate surface area is 137 Å². The molecule has 8 heteroatoms. The van der Waals surface area contributed by atoms with Gasteiger partial charge in [-0.05, 0) is 30.0 Å². The molecule has 3 rings (SSSR count). The Morgan fingerprint density at radius 2 is 2.14 bits per heavy atom. The van der Waals surface area contributed by atoms with Gasteiger partial charge in [0.15, 0.2) is 0 Å². The minimum absolute atomic E-state index is 0.195. The molecule has 0 radical (unpaired) electrons. The summed E-state index contributed by atoms with van der Waals surface area (Å²) in [6.45, 7) is 0.377. The Kier molecular flexibility index (Phi) is 4.44. The molecule has 0 spiro atoms. The van der Waals surface area contributed by atoms with Crippen LogP contribution < -0.4 is 4.72 Å². The number of hydrogen-bond donors (Lipinski definition) is 1. The smallest absolute Gasteiger partial charge is 0.243 e. The van der Waals surface area contributed by atoms with E-state index in [0.717, 1.165) is 4.88 Å². The second-order valence-corrected chi connectivity index (χ2v) is 8.62. The number of thiophene rings is 2. The summed E-state index contributed by atoms with van der Waals surface area (Å²) >= 11 is 3.41. The molecule has 0 saturated heterocycles. The molecule has 5 nitrogen and oxygen atoms in total. The van der Waals surface area contributed by atoms with Gasteiger partial charge in [0.1, 0.15) is 4.90 Å². The van der Waals surface area contributed by atoms with Crippen molar-refractivity contribution in [2.24, 2.45) is 7.05 Å². The fourth-order valence-electron chi connectivity index (χ4n) is 1.99. The normalized spacial score (nSPS) is 11.9. The highest BCUT2D eigenvalue weighted by molar-refractivity contribution is 7.89. The van der Waals surface area contributed by atoms with Crippen molar-refractivity contribution in [3.63, 3.8) is 0 Å². The summed E-state index contributed by atoms with van der Waals surface area (Å²) in [7, 11) is -1.78. The van der Waals surface area contributed by atoms with Crippen molar-refractivity contribution in [3.05, 3.63) is 46.9 Å². The standard InChI is InChI=1S/C14H15N3O2S3/c1-17-10-12(9-15-17)22(18,19)16-7-6-11-4-5-14(21-11)13-3-2-8-20-13/h2-5,8-10,16H,6-7H2,1H3. The number of aromatic nitrogens is 2. The van der Waals surface area contributed by atoms with Crippen LogP contribution in [0.15, 0.2) is 46.9 Å². The molecule has 0 atom stereocenters. The maximum absolute atomic E-state index is 12.1. The van der Waals surface area contributed by atoms with Gasteiger partial charge in [-0.25, -0.2) is 13.1 Å². The van der Waals surface area contributed by atoms with Crippen LogP contribution in [0.25, 0.3) is 9.75 Å². The van der Waals surface area contributed by atoms with Crippen LogP contribution in [0.3, 0.4) is 0 Å². The van der Waals surface area contributed by atoms with Crippen LogP contribution in [-0.2, 0) is 23.5 Å². The third kappa shape index (κ3) is 3.46. The number of hydrogen-bond acceptors (Lipinski definition) is 5. The van der Waals surface area contributed by atoms with Crippen molar-refractivity contribution >= 4 is 32.7 Å². The number of aryl methyl sites for hydroxylation is 1. The molecule has 0 aliphatic heterocycles. The van der Waals surface area contributed by atoms with Gasteiger partial charge >= 0.3 is 0 Å². The molecular weight excluding hydrogens is 338 g/mol. The second kappa shape index (κ2) is 6.33. The third-order valence-electron chi connectivity index (χ3n) is 3.08. The van der Waals surface area contributed by atoms with E-state index in [1.807, 2.05) is 6.07 Å². The highest BCUT2D eigenvalue weighted by atomic mass is 32.2. The number of nitrogens with zero attached hydrogens (tertiary/aromatic N) is 2. The predicted octanol–water partition coefficient (Wildman–Crippen LogP) is 2.73. The zero-order valence-electron chi connectivity index (χ0n) is 11.9. The topological polar surface area (TPSA) is 64.0 Å². The lowest BCUT2D eigenvalue weighted by molar-refractivity contribution is 0.581. The van der Waals surface area contributed by atoms with Crippen molar-refractivity contribution in [2.75, 3.05) is 6.54 Å². The van der Waals surface area contributed by atoms with Crippen LogP contribution in [0, 0.1) is 0 Å². The molecule has 3 heterocycles. The van der Waals surface area contributed by atoms with Crippen LogP contribution >= 0.6 is 22.7 Å². The SMILES string of the molecule is Cn1cc(S(=O)(=O)NCCc2ccc(-c3cccs3)s2)cn1. The third-order valence-corrected chi connectivity index (χ3v) is 6.71. The number of rotatable bonds is 6. The first-order valence-electron chi connectivity index (χ1n) is 6.65. The van der Waals surface area contributed by atoms with Crippen molar-refractivity contribution in [1.82, 2.24) is 14.5 Å². The largest absolute Gasteiger partial charge is 0.274 e. The first-order chi connectivity index (χ1) is 10.5. The lowest BCUT2D eigenvalue weighted by Crippen LogP contribution is -2.25. The fraction of sp³-hybridized carbons (Fsp3) is 0.214. The summed E-state index contributed by atoms with van der Waals surface area (Å²) in [5.41, 5.74) is 0. The molecule has 22 heavy (non-hydrogen) atoms. The van der Waals surface area contributed by atoms with Gasteiger partial charge in [-0.3, -0.25) is 4.68 Å². The van der Waals surface area contributed by atoms with Crippen LogP contribution in [0.5, 0.6) is 0 Å². The monoisotopic (exact) mass is 353 g/mol. The fourth-order valence-corrected chi connectivity index (χ4v) is 4.85. The maximum Gasteiger partial charge on any atom is 0.243 e. The molecule has 0 aliphatic carbocycles. The van der Waals surface area contributed by atoms with E-state index in [1.54, 1.807) is 29.7 Å². The molecule has 3 aromatic rings. The molecule has 0 saturated carbocycles. The molecule has 0 aromatic carbocycles. The Hall–Kier alpha value is -1.48. The van der Waals surface area contributed by atoms with Crippen molar-refractivity contribution in [1.29, 1.82) is 0 Å². The van der Waals surface area contributed by atoms with E-state index < -0.39 is 10.0 Å². The first-order valence-corrected chi connectivity index (χ1v) is 9.83. The molecule has 0 unspecified atom stereocenters. The summed E-state index contributed by atoms with van der Waals surface area (Å²) in [6, 6.07) is 8.26. The summed E-state index contributed by atoms with van der Waals surface area (Å²) in [5, 5.41) is 5.93. The Balaban J connectivity index is 1.59. The van der Waals surface area contributed by atoms with E-state index in [0.29, 0.717) is 13.0 Å². The van der Waals surface area contributed by atoms with Gasteiger partial charge in [0.05, 0.1) is 6.20 Å². The van der Waals surface area contributed by atoms with E-state index in [4.69, 9.17) is 0 Å². The van der Waals surface area contributed by atoms with Crippen LogP contribution in [0.4, 0.5) is 0 Å². The van der Waals surface area contributed by atoms with Crippen molar-refractivity contribution < 1.29 is 8.42 Å². The molecule has 0 aliphatic rings. The van der Waals surface area contributed by atoms with E-state index >= 15 is 0 Å². The lowest BCUT2D eigenvalue weighted by atomic mass is 10.3. The predicted molar refractivity (Wildman–Crippen MR) is 89.7 cm³/mol. The quantitative estimate of drug-likeness (QED) is 0.741. The molecule has 0 fully saturated rings. The van der Waals surface area contributed by atoms with Gasteiger partial charge in [-0.1, -0.05) is 6.07 Å². The number of nitrogens with one attached hydrogen (secondary N) is 1. The molecular formula is C14H15N3O2S3. The minimum Gasteiger partial charge on any atom is -0.274 e. The molecule has 1 N–H and O–H groups in total. The van der Waals surface area contributed by atoms with E-state index in [9.17, 15) is 8.42 Å². The average Bonchev–Trinajstić information content (AvgIpc) is 3.18. The molecule has 0 amide bonds. The highest BCUT2D eigenvalue weighted by Gasteiger charge is 2.15. The molecule has 116 valence electrons. The Bertz CT molecular complexity index is 848. The van der Waals surface area contributed by atoms with Crippen LogP contribution in [-0.4, -0.2) is 24.7 Å². The van der Waals surface area contributed by atoms with Gasteiger partial charge in [0, 0.05) is 34.4 Å². The molecule has 0 bridgehead atoms. The zero-order chi connectivity index (χ0) is 15.6. The van der Waals surface area contributed by atoms with Gasteiger partial charge < -0.3 is 0 Å². The number of sulfonamides is 1. The van der Waals surface area contributed by atoms with E-state index in [2.05, 4.69) is 33.4 Å². The minimum atomic E-state index is -3.47. The summed E-state index contributed by atoms with van der Waals surface area (Å²) < 4.78 is 28.2. The average molecular weight is 353 g/mol. The van der Waals surface area contributed by atoms with Crippen LogP contribution in [0.2, 0.25) is 0 Å². The molecule has 3 aromatic heterocycles. The summed E-state index contributed by atoms with van der Waals surface area (Å²) in [5.74, 6) is 0. The van der Waals surface area contributed by atoms with Gasteiger partial charge in [-0.15, -0.1) is 22.7 Å². The second-order valence-electron chi connectivity index (χ2n) is 4.74. The summed E-state index contributed by atoms with van der Waals surface area (Å²) in [4.78, 5) is 3.82. The van der Waals surface area contributed by atoms with Crippen molar-refractivity contribution in [2.45, 2.75) is 11.3 Å². The lowest BCUT2D eigenvalue weighted by Gasteiger charge is -2.03. The van der Waals surface area contributed by atoms with Crippen molar-refractivity contribution in [3.8, 4) is 9.75 Å². The van der Waals surface area contributed by atoms with Gasteiger partial charge in [0.25, 0.3) is 0 Å². The maximum atomic E-state index is 12.1. The Morgan fingerprint density at radius 3 is 2.82 bits per heavy atom. The van der Waals surface area contributed by atoms with Gasteiger partial charge in [-0.2, -0.15) is 5.10 Å². The highest BCUT2D eigenvalue weighted by Crippen LogP contribution is 2.31. The van der Waals surface area contributed by atoms with Crippen LogP contribution in [0.1, 0.15) is 4.88 Å². The van der Waals surface area contributed by atoms with E-state index in [1.165, 1.54) is 26.8 Å². The first kappa shape index (κ1) is 15.4. The summed E-state index contributed by atoms with van der Waals surface area (Å²) in [6.07, 6.45) is 3.51.